The maximum Gasteiger partial charge on any atom is 0.314 e. The Morgan fingerprint density at radius 2 is 1.83 bits per heavy atom. The smallest absolute Gasteiger partial charge is 0.231 e. The van der Waals surface area contributed by atoms with Crippen LogP contribution in [0.1, 0.15) is 11.1 Å². The number of aryl methyl sites for hydroxylation is 1. The number of para-hydroxylation sites is 2. The van der Waals surface area contributed by atoms with E-state index in [-0.39, 0.29) is 0 Å². The van der Waals surface area contributed by atoms with Crippen LogP contribution >= 0.6 is 11.8 Å². The van der Waals surface area contributed by atoms with Gasteiger partial charge < -0.3 is 0 Å². The van der Waals surface area contributed by atoms with Crippen molar-refractivity contribution < 1.29 is 4.98 Å². The van der Waals surface area contributed by atoms with Crippen LogP contribution in [0.2, 0.25) is 0 Å². The van der Waals surface area contributed by atoms with Gasteiger partial charge in [-0.05, 0) is 36.4 Å². The number of fused-ring (bicyclic) bond motifs is 1. The van der Waals surface area contributed by atoms with Crippen LogP contribution in [0.3, 0.4) is 0 Å². The van der Waals surface area contributed by atoms with Crippen LogP contribution in [0.15, 0.2) is 53.7 Å². The van der Waals surface area contributed by atoms with Crippen LogP contribution in [0.4, 0.5) is 0 Å². The number of imidazole rings is 1. The van der Waals surface area contributed by atoms with Gasteiger partial charge in [0.15, 0.2) is 11.0 Å². The summed E-state index contributed by atoms with van der Waals surface area (Å²) in [7, 11) is 0. The predicted molar refractivity (Wildman–Crippen MR) is 75.6 cm³/mol. The molecule has 0 unspecified atom stereocenters. The van der Waals surface area contributed by atoms with Crippen molar-refractivity contribution in [2.75, 3.05) is 0 Å². The zero-order valence-electron chi connectivity index (χ0n) is 10.2. The molecule has 0 aliphatic rings. The van der Waals surface area contributed by atoms with Crippen molar-refractivity contribution >= 4 is 22.8 Å². The van der Waals surface area contributed by atoms with Gasteiger partial charge >= 0.3 is 5.16 Å². The molecule has 0 aliphatic carbocycles. The van der Waals surface area contributed by atoms with Crippen LogP contribution < -0.4 is 4.98 Å². The number of H-pyrrole nitrogens is 2. The van der Waals surface area contributed by atoms with Gasteiger partial charge in [-0.1, -0.05) is 42.0 Å². The Kier molecular flexibility index (Phi) is 3.07. The molecule has 2 N–H and O–H groups in total. The molecule has 0 spiro atoms. The van der Waals surface area contributed by atoms with Crippen LogP contribution in [0.5, 0.6) is 0 Å². The Labute approximate surface area is 110 Å². The quantitative estimate of drug-likeness (QED) is 0.712. The summed E-state index contributed by atoms with van der Waals surface area (Å²) in [5, 5.41) is 1.11. The zero-order valence-corrected chi connectivity index (χ0v) is 11.1. The molecule has 0 atom stereocenters. The molecular weight excluding hydrogens is 240 g/mol. The molecule has 0 fully saturated rings. The molecular formula is C15H15N2S+. The second-order valence-electron chi connectivity index (χ2n) is 4.40. The van der Waals surface area contributed by atoms with E-state index in [2.05, 4.69) is 53.3 Å². The molecule has 90 valence electrons. The first-order chi connectivity index (χ1) is 8.81. The topological polar surface area (TPSA) is 29.9 Å². The molecule has 3 rings (SSSR count). The maximum atomic E-state index is 3.38. The van der Waals surface area contributed by atoms with Gasteiger partial charge in [0.1, 0.15) is 0 Å². The minimum Gasteiger partial charge on any atom is -0.231 e. The van der Waals surface area contributed by atoms with Crippen molar-refractivity contribution in [3.8, 4) is 0 Å². The van der Waals surface area contributed by atoms with Crippen molar-refractivity contribution in [3.05, 3.63) is 59.7 Å². The van der Waals surface area contributed by atoms with Gasteiger partial charge in [0.05, 0.1) is 0 Å². The lowest BCUT2D eigenvalue weighted by Gasteiger charge is -1.97. The van der Waals surface area contributed by atoms with E-state index in [0.717, 1.165) is 21.9 Å². The first-order valence-electron chi connectivity index (χ1n) is 6.00. The monoisotopic (exact) mass is 255 g/mol. The number of aromatic nitrogens is 2. The van der Waals surface area contributed by atoms with E-state index < -0.39 is 0 Å². The minimum absolute atomic E-state index is 0.976. The van der Waals surface area contributed by atoms with Gasteiger partial charge in [-0.3, -0.25) is 0 Å². The van der Waals surface area contributed by atoms with Gasteiger partial charge in [0.25, 0.3) is 0 Å². The van der Waals surface area contributed by atoms with Gasteiger partial charge in [0, 0.05) is 5.75 Å². The van der Waals surface area contributed by atoms with Crippen molar-refractivity contribution in [3.63, 3.8) is 0 Å². The second kappa shape index (κ2) is 4.86. The predicted octanol–water partition coefficient (Wildman–Crippen LogP) is 3.58. The molecule has 18 heavy (non-hydrogen) atoms. The SMILES string of the molecule is Cc1ccc(CSc2[nH]c3ccccc3[nH+]2)cc1. The van der Waals surface area contributed by atoms with E-state index in [1.807, 2.05) is 12.1 Å². The normalized spacial score (nSPS) is 10.9. The van der Waals surface area contributed by atoms with Crippen molar-refractivity contribution in [1.82, 2.24) is 4.98 Å². The largest absolute Gasteiger partial charge is 0.314 e. The standard InChI is InChI=1S/C15H14N2S/c1-11-6-8-12(9-7-11)10-18-15-16-13-4-2-3-5-14(13)17-15/h2-9H,10H2,1H3,(H,16,17)/p+1. The van der Waals surface area contributed by atoms with Gasteiger partial charge in [-0.25, -0.2) is 9.97 Å². The summed E-state index contributed by atoms with van der Waals surface area (Å²) in [6, 6.07) is 16.9. The fourth-order valence-corrected chi connectivity index (χ4v) is 2.76. The number of rotatable bonds is 3. The molecule has 0 amide bonds. The van der Waals surface area contributed by atoms with Gasteiger partial charge in [0.2, 0.25) is 0 Å². The lowest BCUT2D eigenvalue weighted by Crippen LogP contribution is -2.01. The Morgan fingerprint density at radius 1 is 1.06 bits per heavy atom. The number of aromatic amines is 2. The van der Waals surface area contributed by atoms with Crippen molar-refractivity contribution in [1.29, 1.82) is 0 Å². The average Bonchev–Trinajstić information content (AvgIpc) is 2.81. The highest BCUT2D eigenvalue weighted by Gasteiger charge is 2.09. The first-order valence-corrected chi connectivity index (χ1v) is 6.98. The number of benzene rings is 2. The number of nitrogens with one attached hydrogen (secondary N) is 2. The average molecular weight is 255 g/mol. The van der Waals surface area contributed by atoms with Crippen LogP contribution in [-0.2, 0) is 5.75 Å². The summed E-state index contributed by atoms with van der Waals surface area (Å²) in [5.41, 5.74) is 4.96. The second-order valence-corrected chi connectivity index (χ2v) is 5.38. The number of hydrogen-bond donors (Lipinski definition) is 1. The molecule has 0 radical (unpaired) electrons. The molecule has 0 aliphatic heterocycles. The van der Waals surface area contributed by atoms with E-state index in [9.17, 15) is 0 Å². The third-order valence-electron chi connectivity index (χ3n) is 2.93. The summed E-state index contributed by atoms with van der Waals surface area (Å²) in [4.78, 5) is 6.77. The molecule has 1 heterocycles. The zero-order chi connectivity index (χ0) is 12.4. The Balaban J connectivity index is 1.74. The summed E-state index contributed by atoms with van der Waals surface area (Å²) in [5.74, 6) is 0.976. The van der Waals surface area contributed by atoms with Gasteiger partial charge in [-0.15, -0.1) is 0 Å². The highest BCUT2D eigenvalue weighted by atomic mass is 32.2. The number of hydrogen-bond acceptors (Lipinski definition) is 1. The fourth-order valence-electron chi connectivity index (χ4n) is 1.89. The van der Waals surface area contributed by atoms with E-state index >= 15 is 0 Å². The van der Waals surface area contributed by atoms with E-state index in [1.54, 1.807) is 11.8 Å². The molecule has 3 heteroatoms. The number of thioether (sulfide) groups is 1. The van der Waals surface area contributed by atoms with E-state index in [0.29, 0.717) is 0 Å². The fraction of sp³-hybridized carbons (Fsp3) is 0.133. The molecule has 2 nitrogen and oxygen atoms in total. The van der Waals surface area contributed by atoms with Crippen LogP contribution in [0, 0.1) is 6.92 Å². The van der Waals surface area contributed by atoms with Crippen molar-refractivity contribution in [2.24, 2.45) is 0 Å². The summed E-state index contributed by atoms with van der Waals surface area (Å²) in [6.07, 6.45) is 0. The van der Waals surface area contributed by atoms with Gasteiger partial charge in [-0.2, -0.15) is 0 Å². The third kappa shape index (κ3) is 2.41. The maximum absolute atomic E-state index is 3.38. The summed E-state index contributed by atoms with van der Waals surface area (Å²) in [6.45, 7) is 2.11. The van der Waals surface area contributed by atoms with Crippen LogP contribution in [0.25, 0.3) is 11.0 Å². The van der Waals surface area contributed by atoms with Crippen molar-refractivity contribution in [2.45, 2.75) is 17.8 Å². The highest BCUT2D eigenvalue weighted by Crippen LogP contribution is 2.20. The Hall–Kier alpha value is -1.74. The highest BCUT2D eigenvalue weighted by molar-refractivity contribution is 7.98. The molecule has 3 aromatic rings. The Morgan fingerprint density at radius 3 is 2.61 bits per heavy atom. The minimum atomic E-state index is 0.976. The van der Waals surface area contributed by atoms with E-state index in [4.69, 9.17) is 0 Å². The lowest BCUT2D eigenvalue weighted by atomic mass is 10.2. The Bertz CT molecular complexity index is 623. The molecule has 0 bridgehead atoms. The van der Waals surface area contributed by atoms with Crippen LogP contribution in [-0.4, -0.2) is 4.98 Å². The molecule has 0 saturated heterocycles. The molecule has 0 saturated carbocycles. The first kappa shape index (κ1) is 11.4. The third-order valence-corrected chi connectivity index (χ3v) is 3.90. The molecule has 2 aromatic carbocycles. The molecule has 1 aromatic heterocycles. The summed E-state index contributed by atoms with van der Waals surface area (Å²) < 4.78 is 0. The summed E-state index contributed by atoms with van der Waals surface area (Å²) >= 11 is 1.79. The van der Waals surface area contributed by atoms with E-state index in [1.165, 1.54) is 11.1 Å². The lowest BCUT2D eigenvalue weighted by molar-refractivity contribution is -0.396.